The molecule has 5 nitrogen and oxygen atoms in total. The Balaban J connectivity index is 1.96. The van der Waals surface area contributed by atoms with Crippen molar-refractivity contribution in [2.45, 2.75) is 6.54 Å². The van der Waals surface area contributed by atoms with E-state index in [1.165, 1.54) is 24.3 Å². The summed E-state index contributed by atoms with van der Waals surface area (Å²) >= 11 is 0. The summed E-state index contributed by atoms with van der Waals surface area (Å²) in [7, 11) is 0. The Morgan fingerprint density at radius 3 is 2.50 bits per heavy atom. The Morgan fingerprint density at radius 1 is 1.17 bits per heavy atom. The maximum atomic E-state index is 12.7. The molecule has 2 aromatic rings. The standard InChI is InChI=1S/C12H11FN4O/c13-9-3-1-8(2-4-9)7-15-12(18)10-5-6-11(14)17-16-10/h1-6H,7H2,(H2,14,17)(H,15,18). The van der Waals surface area contributed by atoms with Gasteiger partial charge in [0.05, 0.1) is 0 Å². The summed E-state index contributed by atoms with van der Waals surface area (Å²) in [6.45, 7) is 0.297. The summed E-state index contributed by atoms with van der Waals surface area (Å²) in [5.41, 5.74) is 6.35. The summed E-state index contributed by atoms with van der Waals surface area (Å²) in [5.74, 6) is -0.411. The third-order valence-electron chi connectivity index (χ3n) is 2.28. The van der Waals surface area contributed by atoms with Crippen LogP contribution in [-0.4, -0.2) is 16.1 Å². The SMILES string of the molecule is Nc1ccc(C(=O)NCc2ccc(F)cc2)nn1. The van der Waals surface area contributed by atoms with Crippen molar-refractivity contribution in [3.05, 3.63) is 53.5 Å². The lowest BCUT2D eigenvalue weighted by molar-refractivity contribution is 0.0945. The smallest absolute Gasteiger partial charge is 0.272 e. The van der Waals surface area contributed by atoms with E-state index >= 15 is 0 Å². The number of nitrogens with two attached hydrogens (primary N) is 1. The Morgan fingerprint density at radius 2 is 1.89 bits per heavy atom. The summed E-state index contributed by atoms with van der Waals surface area (Å²) in [6.07, 6.45) is 0. The van der Waals surface area contributed by atoms with Crippen LogP contribution in [0.3, 0.4) is 0 Å². The number of nitrogens with zero attached hydrogens (tertiary/aromatic N) is 2. The van der Waals surface area contributed by atoms with E-state index in [1.807, 2.05) is 0 Å². The van der Waals surface area contributed by atoms with Gasteiger partial charge in [0.1, 0.15) is 11.6 Å². The Labute approximate surface area is 103 Å². The van der Waals surface area contributed by atoms with Gasteiger partial charge in [0.2, 0.25) is 0 Å². The molecule has 0 aliphatic heterocycles. The molecular weight excluding hydrogens is 235 g/mol. The summed E-state index contributed by atoms with van der Waals surface area (Å²) in [4.78, 5) is 11.7. The summed E-state index contributed by atoms with van der Waals surface area (Å²) in [6, 6.07) is 8.87. The Bertz CT molecular complexity index is 539. The van der Waals surface area contributed by atoms with Crippen LogP contribution in [0.2, 0.25) is 0 Å². The largest absolute Gasteiger partial charge is 0.382 e. The first kappa shape index (κ1) is 12.0. The number of nitrogen functional groups attached to an aromatic ring is 1. The first-order chi connectivity index (χ1) is 8.65. The highest BCUT2D eigenvalue weighted by Gasteiger charge is 2.07. The molecule has 1 amide bonds. The zero-order valence-corrected chi connectivity index (χ0v) is 9.43. The number of aromatic nitrogens is 2. The van der Waals surface area contributed by atoms with E-state index in [1.54, 1.807) is 12.1 Å². The van der Waals surface area contributed by atoms with E-state index < -0.39 is 0 Å². The van der Waals surface area contributed by atoms with Crippen LogP contribution < -0.4 is 11.1 Å². The van der Waals surface area contributed by atoms with Crippen molar-refractivity contribution in [2.24, 2.45) is 0 Å². The minimum Gasteiger partial charge on any atom is -0.382 e. The van der Waals surface area contributed by atoms with Crippen molar-refractivity contribution in [1.82, 2.24) is 15.5 Å². The third-order valence-corrected chi connectivity index (χ3v) is 2.28. The molecule has 2 rings (SSSR count). The molecule has 0 aliphatic rings. The number of carbonyl (C=O) groups excluding carboxylic acids is 1. The quantitative estimate of drug-likeness (QED) is 0.850. The number of carbonyl (C=O) groups is 1. The van der Waals surface area contributed by atoms with Crippen LogP contribution in [0.1, 0.15) is 16.1 Å². The average molecular weight is 246 g/mol. The van der Waals surface area contributed by atoms with Crippen molar-refractivity contribution in [3.63, 3.8) is 0 Å². The second kappa shape index (κ2) is 5.22. The molecule has 0 saturated heterocycles. The molecular formula is C12H11FN4O. The fourth-order valence-electron chi connectivity index (χ4n) is 1.34. The number of rotatable bonds is 3. The second-order valence-corrected chi connectivity index (χ2v) is 3.65. The van der Waals surface area contributed by atoms with E-state index in [2.05, 4.69) is 15.5 Å². The molecule has 0 spiro atoms. The van der Waals surface area contributed by atoms with Crippen LogP contribution in [0.25, 0.3) is 0 Å². The van der Waals surface area contributed by atoms with Gasteiger partial charge in [0.25, 0.3) is 5.91 Å². The predicted molar refractivity (Wildman–Crippen MR) is 64.0 cm³/mol. The van der Waals surface area contributed by atoms with Gasteiger partial charge >= 0.3 is 0 Å². The van der Waals surface area contributed by atoms with Gasteiger partial charge in [0.15, 0.2) is 5.69 Å². The van der Waals surface area contributed by atoms with Gasteiger partial charge in [-0.25, -0.2) is 4.39 Å². The lowest BCUT2D eigenvalue weighted by atomic mass is 10.2. The van der Waals surface area contributed by atoms with E-state index in [0.29, 0.717) is 6.54 Å². The number of nitrogens with one attached hydrogen (secondary N) is 1. The monoisotopic (exact) mass is 246 g/mol. The lowest BCUT2D eigenvalue weighted by Gasteiger charge is -2.04. The highest BCUT2D eigenvalue weighted by molar-refractivity contribution is 5.92. The summed E-state index contributed by atoms with van der Waals surface area (Å²) < 4.78 is 12.7. The van der Waals surface area contributed by atoms with E-state index in [9.17, 15) is 9.18 Å². The van der Waals surface area contributed by atoms with E-state index in [4.69, 9.17) is 5.73 Å². The fourth-order valence-corrected chi connectivity index (χ4v) is 1.34. The predicted octanol–water partition coefficient (Wildman–Crippen LogP) is 1.13. The number of halogens is 1. The second-order valence-electron chi connectivity index (χ2n) is 3.65. The molecule has 1 aromatic heterocycles. The molecule has 1 heterocycles. The minimum atomic E-state index is -0.355. The number of benzene rings is 1. The molecule has 92 valence electrons. The van der Waals surface area contributed by atoms with Crippen LogP contribution in [-0.2, 0) is 6.54 Å². The highest BCUT2D eigenvalue weighted by Crippen LogP contribution is 2.03. The van der Waals surface area contributed by atoms with Crippen molar-refractivity contribution in [3.8, 4) is 0 Å². The molecule has 3 N–H and O–H groups in total. The first-order valence-corrected chi connectivity index (χ1v) is 5.27. The maximum Gasteiger partial charge on any atom is 0.272 e. The van der Waals surface area contributed by atoms with E-state index in [-0.39, 0.29) is 23.2 Å². The zero-order valence-electron chi connectivity index (χ0n) is 9.43. The molecule has 0 atom stereocenters. The topological polar surface area (TPSA) is 80.9 Å². The van der Waals surface area contributed by atoms with Crippen LogP contribution in [0, 0.1) is 5.82 Å². The number of hydrogen-bond donors (Lipinski definition) is 2. The molecule has 0 saturated carbocycles. The molecule has 0 unspecified atom stereocenters. The van der Waals surface area contributed by atoms with E-state index in [0.717, 1.165) is 5.56 Å². The normalized spacial score (nSPS) is 10.1. The molecule has 0 bridgehead atoms. The average Bonchev–Trinajstić information content (AvgIpc) is 2.38. The Hall–Kier alpha value is -2.50. The molecule has 0 radical (unpaired) electrons. The van der Waals surface area contributed by atoms with Gasteiger partial charge in [-0.05, 0) is 29.8 Å². The van der Waals surface area contributed by atoms with Crippen LogP contribution in [0.15, 0.2) is 36.4 Å². The van der Waals surface area contributed by atoms with Gasteiger partial charge < -0.3 is 11.1 Å². The van der Waals surface area contributed by atoms with Gasteiger partial charge in [-0.15, -0.1) is 10.2 Å². The van der Waals surface area contributed by atoms with Crippen LogP contribution in [0.4, 0.5) is 10.2 Å². The zero-order chi connectivity index (χ0) is 13.0. The molecule has 0 aliphatic carbocycles. The lowest BCUT2D eigenvalue weighted by Crippen LogP contribution is -2.24. The fraction of sp³-hybridized carbons (Fsp3) is 0.0833. The van der Waals surface area contributed by atoms with Crippen molar-refractivity contribution in [1.29, 1.82) is 0 Å². The van der Waals surface area contributed by atoms with Gasteiger partial charge in [-0.1, -0.05) is 12.1 Å². The van der Waals surface area contributed by atoms with Crippen LogP contribution in [0.5, 0.6) is 0 Å². The molecule has 1 aromatic carbocycles. The van der Waals surface area contributed by atoms with Crippen LogP contribution >= 0.6 is 0 Å². The Kier molecular flexibility index (Phi) is 3.47. The molecule has 18 heavy (non-hydrogen) atoms. The van der Waals surface area contributed by atoms with Crippen molar-refractivity contribution >= 4 is 11.7 Å². The highest BCUT2D eigenvalue weighted by atomic mass is 19.1. The number of amides is 1. The maximum absolute atomic E-state index is 12.7. The van der Waals surface area contributed by atoms with Gasteiger partial charge in [-0.3, -0.25) is 4.79 Å². The van der Waals surface area contributed by atoms with Gasteiger partial charge in [-0.2, -0.15) is 0 Å². The number of hydrogen-bond acceptors (Lipinski definition) is 4. The number of anilines is 1. The third kappa shape index (κ3) is 3.00. The van der Waals surface area contributed by atoms with Crippen molar-refractivity contribution < 1.29 is 9.18 Å². The van der Waals surface area contributed by atoms with Crippen molar-refractivity contribution in [2.75, 3.05) is 5.73 Å². The summed E-state index contributed by atoms with van der Waals surface area (Å²) in [5, 5.41) is 9.89. The first-order valence-electron chi connectivity index (χ1n) is 5.27. The molecule has 0 fully saturated rings. The minimum absolute atomic E-state index is 0.186. The molecule has 6 heteroatoms. The van der Waals surface area contributed by atoms with Gasteiger partial charge in [0, 0.05) is 6.54 Å².